The third kappa shape index (κ3) is 11.7. The van der Waals surface area contributed by atoms with Gasteiger partial charge in [-0.25, -0.2) is 0 Å². The minimum atomic E-state index is -0.696. The van der Waals surface area contributed by atoms with Gasteiger partial charge in [-0.3, -0.25) is 28.8 Å². The lowest BCUT2D eigenvalue weighted by atomic mass is 9.84. The second kappa shape index (κ2) is 27.9. The van der Waals surface area contributed by atoms with Crippen molar-refractivity contribution < 1.29 is 154 Å². The number of rotatable bonds is 3. The molecule has 0 saturated heterocycles. The highest BCUT2D eigenvalue weighted by molar-refractivity contribution is 6.24. The Morgan fingerprint density at radius 2 is 0.364 bits per heavy atom. The largest absolute Gasteiger partial charge is 0.507 e. The predicted molar refractivity (Wildman–Crippen MR) is 433 cm³/mol. The molecule has 0 saturated carbocycles. The molecule has 12 aromatic rings. The van der Waals surface area contributed by atoms with Crippen LogP contribution in [0.4, 0.5) is 0 Å². The third-order valence-corrected chi connectivity index (χ3v) is 24.6. The monoisotopic (exact) mass is 1650 g/mol. The molecular formula is C90H78O31. The molecular weight excluding hydrogens is 1580 g/mol. The van der Waals surface area contributed by atoms with Crippen molar-refractivity contribution in [3.05, 3.63) is 101 Å². The topological polar surface area (TPSA) is 531 Å². The van der Waals surface area contributed by atoms with E-state index in [0.717, 1.165) is 36.4 Å². The molecule has 6 aliphatic heterocycles. The van der Waals surface area contributed by atoms with Gasteiger partial charge in [0, 0.05) is 102 Å². The minimum absolute atomic E-state index is 0.000591. The number of ether oxygens (including phenoxy) is 7. The summed E-state index contributed by atoms with van der Waals surface area (Å²) in [7, 11) is 0. The van der Waals surface area contributed by atoms with Gasteiger partial charge in [-0.2, -0.15) is 0 Å². The van der Waals surface area contributed by atoms with Gasteiger partial charge in [0.25, 0.3) is 0 Å². The second-order valence-corrected chi connectivity index (χ2v) is 31.7. The summed E-state index contributed by atoms with van der Waals surface area (Å²) in [6.45, 7) is 20.0. The number of carbonyl (C=O) groups is 6. The molecule has 18 N–H and O–H groups in total. The van der Waals surface area contributed by atoms with Crippen LogP contribution in [0.5, 0.6) is 144 Å². The van der Waals surface area contributed by atoms with Crippen LogP contribution in [0.3, 0.4) is 0 Å². The summed E-state index contributed by atoms with van der Waals surface area (Å²) in [5, 5.41) is 197. The molecule has 31 heteroatoms. The van der Waals surface area contributed by atoms with Crippen LogP contribution in [-0.4, -0.2) is 163 Å². The van der Waals surface area contributed by atoms with Gasteiger partial charge in [-0.15, -0.1) is 0 Å². The van der Waals surface area contributed by atoms with Crippen LogP contribution in [0.25, 0.3) is 98.0 Å². The van der Waals surface area contributed by atoms with E-state index in [2.05, 4.69) is 0 Å². The van der Waals surface area contributed by atoms with Gasteiger partial charge in [0.1, 0.15) is 191 Å². The lowest BCUT2D eigenvalue weighted by molar-refractivity contribution is -0.139. The lowest BCUT2D eigenvalue weighted by Gasteiger charge is -2.30. The number of aromatic hydroxyl groups is 18. The third-order valence-electron chi connectivity index (χ3n) is 24.6. The molecule has 0 radical (unpaired) electrons. The first-order chi connectivity index (χ1) is 57.0. The van der Waals surface area contributed by atoms with Crippen LogP contribution in [0.15, 0.2) is 72.8 Å². The summed E-state index contributed by atoms with van der Waals surface area (Å²) < 4.78 is 40.7. The van der Waals surface area contributed by atoms with E-state index >= 15 is 0 Å². The van der Waals surface area contributed by atoms with Crippen molar-refractivity contribution in [2.24, 2.45) is 35.5 Å². The van der Waals surface area contributed by atoms with E-state index in [4.69, 9.17) is 33.2 Å². The maximum Gasteiger partial charge on any atom is 0.318 e. The molecule has 12 atom stereocenters. The van der Waals surface area contributed by atoms with E-state index in [1.54, 1.807) is 83.1 Å². The Balaban J connectivity index is 0.000000135. The van der Waals surface area contributed by atoms with Gasteiger partial charge >= 0.3 is 5.97 Å². The highest BCUT2D eigenvalue weighted by atomic mass is 16.6. The summed E-state index contributed by atoms with van der Waals surface area (Å²) in [6.07, 6.45) is -3.33. The standard InChI is InChI=1S/C30H26O11.2C30H26O10/c1-9-11(3)39-19-5-13-21(15(31)7-17(33)23(13)27(36)25(19)26(9)35)22-14-6-20-29(41-30(38)10(2)12(4)40-20)28(37)24(14)18(34)8-16(22)32;2*1-9-11(3)39-19-5-13-21(15(31)7-17(33)23(13)29(37)25(19)27(9)35)22-14-6-20-26(28(36)10(2)12(4)40-20)30(38)24(14)18(34)8-16(22)32/h5-12,31-34,36-37H,1-4H3;2*5-12,31-34,37-38H,1-4H3. The number of phenolic OH excluding ortho intramolecular Hbond substituents is 18. The molecule has 624 valence electrons. The van der Waals surface area contributed by atoms with Gasteiger partial charge in [0.2, 0.25) is 5.75 Å². The fourth-order valence-electron chi connectivity index (χ4n) is 16.9. The molecule has 0 aliphatic carbocycles. The van der Waals surface area contributed by atoms with Crippen LogP contribution in [0, 0.1) is 35.5 Å². The van der Waals surface area contributed by atoms with Crippen LogP contribution in [0.1, 0.15) is 135 Å². The SMILES string of the molecule is CC1Oc2cc3c(-c4c(O)cc(O)c5c(O)c6c(cc45)OC(C)C(C)C6=O)c(O)cc(O)c3c(O)c2C(=O)C1C.CC1Oc2cc3c(-c4c(O)cc(O)c5c(O)c6c(cc45)OC(C)C(C)C6=O)c(O)cc(O)c3c(O)c2C(=O)C1C.CC1Oc2cc3c(-c4c(O)cc(O)c5c(O)c6c(cc45)OC(C)C(C)C6=O)c(O)cc(O)c3c(O)c2OC(=O)C1C. The van der Waals surface area contributed by atoms with E-state index in [9.17, 15) is 121 Å². The van der Waals surface area contributed by atoms with Gasteiger partial charge in [0.05, 0.1) is 67.8 Å². The molecule has 121 heavy (non-hydrogen) atoms. The first-order valence-electron chi connectivity index (χ1n) is 38.4. The van der Waals surface area contributed by atoms with Crippen molar-refractivity contribution in [1.82, 2.24) is 0 Å². The number of phenols is 18. The molecule has 18 rings (SSSR count). The first-order valence-corrected chi connectivity index (χ1v) is 38.4. The summed E-state index contributed by atoms with van der Waals surface area (Å²) in [4.78, 5) is 77.7. The highest BCUT2D eigenvalue weighted by Crippen LogP contribution is 2.62. The van der Waals surface area contributed by atoms with Gasteiger partial charge in [-0.05, 0) is 84.9 Å². The predicted octanol–water partition coefficient (Wildman–Crippen LogP) is 15.0. The van der Waals surface area contributed by atoms with Crippen molar-refractivity contribution in [3.63, 3.8) is 0 Å². The van der Waals surface area contributed by atoms with Crippen LogP contribution >= 0.6 is 0 Å². The Labute approximate surface area is 683 Å². The van der Waals surface area contributed by atoms with E-state index < -0.39 is 187 Å². The van der Waals surface area contributed by atoms with Crippen LogP contribution < -0.4 is 33.2 Å². The van der Waals surface area contributed by atoms with E-state index in [1.807, 2.05) is 0 Å². The van der Waals surface area contributed by atoms with Gasteiger partial charge < -0.3 is 125 Å². The van der Waals surface area contributed by atoms with Gasteiger partial charge in [-0.1, -0.05) is 34.6 Å². The van der Waals surface area contributed by atoms with Crippen molar-refractivity contribution in [1.29, 1.82) is 0 Å². The summed E-state index contributed by atoms with van der Waals surface area (Å²) >= 11 is 0. The fourth-order valence-corrected chi connectivity index (χ4v) is 16.9. The van der Waals surface area contributed by atoms with Crippen LogP contribution in [0.2, 0.25) is 0 Å². The number of esters is 1. The molecule has 31 nitrogen and oxygen atoms in total. The quantitative estimate of drug-likeness (QED) is 0.0577. The summed E-state index contributed by atoms with van der Waals surface area (Å²) in [5.74, 6) is -16.3. The Bertz CT molecular complexity index is 6220. The average Bonchev–Trinajstić information content (AvgIpc) is 1.13. The number of fused-ring (bicyclic) bond motifs is 12. The van der Waals surface area contributed by atoms with Crippen molar-refractivity contribution >= 4 is 99.5 Å². The minimum Gasteiger partial charge on any atom is -0.507 e. The maximum atomic E-state index is 13.0. The molecule has 12 aromatic carbocycles. The smallest absolute Gasteiger partial charge is 0.318 e. The average molecular weight is 1660 g/mol. The molecule has 0 bridgehead atoms. The molecule has 6 heterocycles. The number of hydrogen-bond acceptors (Lipinski definition) is 31. The normalized spacial score (nSPS) is 22.0. The Morgan fingerprint density at radius 1 is 0.198 bits per heavy atom. The summed E-state index contributed by atoms with van der Waals surface area (Å²) in [6, 6.07) is 13.9. The highest BCUT2D eigenvalue weighted by Gasteiger charge is 2.44. The number of hydrogen-bond donors (Lipinski definition) is 18. The van der Waals surface area contributed by atoms with Crippen molar-refractivity contribution in [3.8, 4) is 177 Å². The molecule has 0 fully saturated rings. The maximum absolute atomic E-state index is 13.0. The lowest BCUT2D eigenvalue weighted by Crippen LogP contribution is -2.33. The number of carbonyl (C=O) groups excluding carboxylic acids is 6. The zero-order valence-corrected chi connectivity index (χ0v) is 66.2. The van der Waals surface area contributed by atoms with E-state index in [1.165, 1.54) is 36.4 Å². The van der Waals surface area contributed by atoms with E-state index in [0.29, 0.717) is 0 Å². The molecule has 0 spiro atoms. The number of benzene rings is 12. The molecule has 6 aliphatic rings. The van der Waals surface area contributed by atoms with Crippen molar-refractivity contribution in [2.45, 2.75) is 120 Å². The second-order valence-electron chi connectivity index (χ2n) is 31.7. The summed E-state index contributed by atoms with van der Waals surface area (Å²) in [5.41, 5.74) is -1.24. The Hall–Kier alpha value is -14.8. The van der Waals surface area contributed by atoms with Crippen LogP contribution in [-0.2, 0) is 4.79 Å². The zero-order valence-electron chi connectivity index (χ0n) is 66.2. The number of ketones is 5. The first kappa shape index (κ1) is 80.0. The Morgan fingerprint density at radius 3 is 0.562 bits per heavy atom. The van der Waals surface area contributed by atoms with Gasteiger partial charge in [0.15, 0.2) is 40.4 Å². The Kier molecular flexibility index (Phi) is 18.5. The fraction of sp³-hybridized carbons (Fsp3) is 0.267. The van der Waals surface area contributed by atoms with E-state index in [-0.39, 0.29) is 189 Å². The molecule has 0 amide bonds. The zero-order chi connectivity index (χ0) is 87.5. The molecule has 0 aromatic heterocycles. The van der Waals surface area contributed by atoms with Crippen molar-refractivity contribution in [2.75, 3.05) is 0 Å². The number of Topliss-reactive ketones (excluding diaryl/α,β-unsaturated/α-hetero) is 5. The molecule has 12 unspecified atom stereocenters.